The Morgan fingerprint density at radius 1 is 1.19 bits per heavy atom. The molecule has 1 saturated heterocycles. The van der Waals surface area contributed by atoms with Crippen LogP contribution >= 0.6 is 11.5 Å². The molecule has 4 aromatic rings. The zero-order valence-electron chi connectivity index (χ0n) is 17.2. The van der Waals surface area contributed by atoms with Crippen LogP contribution in [0.1, 0.15) is 18.5 Å². The van der Waals surface area contributed by atoms with Crippen LogP contribution < -0.4 is 14.8 Å². The van der Waals surface area contributed by atoms with Crippen molar-refractivity contribution in [3.05, 3.63) is 42.4 Å². The quantitative estimate of drug-likeness (QED) is 0.484. The summed E-state index contributed by atoms with van der Waals surface area (Å²) in [5.41, 5.74) is 3.41. The van der Waals surface area contributed by atoms with Gasteiger partial charge in [-0.05, 0) is 36.7 Å². The molecule has 1 fully saturated rings. The van der Waals surface area contributed by atoms with Crippen LogP contribution in [0.25, 0.3) is 16.7 Å². The van der Waals surface area contributed by atoms with Crippen LogP contribution in [-0.4, -0.2) is 50.3 Å². The molecule has 160 valence electrons. The van der Waals surface area contributed by atoms with Crippen LogP contribution in [0.2, 0.25) is 0 Å². The molecule has 0 spiro atoms. The van der Waals surface area contributed by atoms with Crippen molar-refractivity contribution in [1.82, 2.24) is 23.9 Å². The number of anilines is 2. The zero-order valence-corrected chi connectivity index (χ0v) is 18.1. The molecule has 31 heavy (non-hydrogen) atoms. The number of nitrogens with one attached hydrogen (secondary N) is 1. The van der Waals surface area contributed by atoms with Crippen LogP contribution in [-0.2, 0) is 4.74 Å². The van der Waals surface area contributed by atoms with Gasteiger partial charge >= 0.3 is 0 Å². The lowest BCUT2D eigenvalue weighted by atomic mass is 10.1. The van der Waals surface area contributed by atoms with Gasteiger partial charge in [0.1, 0.15) is 16.6 Å². The van der Waals surface area contributed by atoms with Crippen molar-refractivity contribution in [3.63, 3.8) is 0 Å². The first-order chi connectivity index (χ1) is 15.2. The van der Waals surface area contributed by atoms with Crippen LogP contribution in [0.15, 0.2) is 36.7 Å². The molecular weight excluding hydrogens is 416 g/mol. The van der Waals surface area contributed by atoms with Gasteiger partial charge in [0, 0.05) is 31.3 Å². The average molecular weight is 439 g/mol. The Hall–Kier alpha value is -3.24. The first-order valence-corrected chi connectivity index (χ1v) is 10.8. The Bertz CT molecular complexity index is 1200. The minimum absolute atomic E-state index is 0.0423. The van der Waals surface area contributed by atoms with E-state index in [1.165, 1.54) is 11.5 Å². The van der Waals surface area contributed by atoms with Crippen LogP contribution in [0.3, 0.4) is 0 Å². The minimum Gasteiger partial charge on any atom is -0.481 e. The van der Waals surface area contributed by atoms with Crippen molar-refractivity contribution in [2.24, 2.45) is 0 Å². The highest BCUT2D eigenvalue weighted by atomic mass is 32.1. The normalized spacial score (nSPS) is 14.6. The topological polar surface area (TPSA) is 96.2 Å². The molecule has 10 heteroatoms. The van der Waals surface area contributed by atoms with Crippen LogP contribution in [0, 0.1) is 6.92 Å². The Morgan fingerprint density at radius 3 is 2.84 bits per heavy atom. The maximum atomic E-state index is 6.38. The highest BCUT2D eigenvalue weighted by molar-refractivity contribution is 7.10. The van der Waals surface area contributed by atoms with Crippen molar-refractivity contribution in [1.29, 1.82) is 0 Å². The van der Waals surface area contributed by atoms with Crippen molar-refractivity contribution in [3.8, 4) is 17.4 Å². The lowest BCUT2D eigenvalue weighted by Gasteiger charge is -2.23. The second-order valence-corrected chi connectivity index (χ2v) is 8.02. The third-order valence-corrected chi connectivity index (χ3v) is 5.81. The Balaban J connectivity index is 1.58. The Kier molecular flexibility index (Phi) is 5.39. The molecule has 1 aliphatic heterocycles. The lowest BCUT2D eigenvalue weighted by Crippen LogP contribution is -2.26. The van der Waals surface area contributed by atoms with Crippen LogP contribution in [0.5, 0.6) is 11.8 Å². The number of pyridine rings is 1. The standard InChI is InChI=1S/C21H22N6O3S/c1-13-11-18(31-26-13)24-21-23-16-4-8-27(14-3-7-22-17(12-14)28-2)19(16)20(25-21)30-15-5-9-29-10-6-15/h3-4,7-8,11-12,15H,5-6,9-10H2,1-2H3,(H,23,24,25). The predicted molar refractivity (Wildman–Crippen MR) is 118 cm³/mol. The fourth-order valence-corrected chi connectivity index (χ4v) is 4.17. The molecular formula is C21H22N6O3S. The molecule has 0 atom stereocenters. The summed E-state index contributed by atoms with van der Waals surface area (Å²) in [5, 5.41) is 4.13. The number of ether oxygens (including phenoxy) is 3. The third kappa shape index (κ3) is 4.17. The van der Waals surface area contributed by atoms with E-state index in [0.29, 0.717) is 30.9 Å². The van der Waals surface area contributed by atoms with Gasteiger partial charge in [0.2, 0.25) is 17.7 Å². The molecule has 1 N–H and O–H groups in total. The summed E-state index contributed by atoms with van der Waals surface area (Å²) < 4.78 is 23.4. The number of hydrogen-bond acceptors (Lipinski definition) is 9. The van der Waals surface area contributed by atoms with E-state index < -0.39 is 0 Å². The number of aryl methyl sites for hydroxylation is 1. The highest BCUT2D eigenvalue weighted by Crippen LogP contribution is 2.31. The minimum atomic E-state index is 0.0423. The van der Waals surface area contributed by atoms with E-state index in [4.69, 9.17) is 24.2 Å². The van der Waals surface area contributed by atoms with Gasteiger partial charge in [0.25, 0.3) is 0 Å². The number of aromatic nitrogens is 5. The predicted octanol–water partition coefficient (Wildman–Crippen LogP) is 3.89. The number of methoxy groups -OCH3 is 1. The molecule has 0 unspecified atom stereocenters. The smallest absolute Gasteiger partial charge is 0.244 e. The number of hydrogen-bond donors (Lipinski definition) is 1. The van der Waals surface area contributed by atoms with E-state index in [2.05, 4.69) is 14.7 Å². The molecule has 0 saturated carbocycles. The molecule has 0 radical (unpaired) electrons. The highest BCUT2D eigenvalue weighted by Gasteiger charge is 2.21. The van der Waals surface area contributed by atoms with Crippen molar-refractivity contribution in [2.45, 2.75) is 25.9 Å². The second kappa shape index (κ2) is 8.48. The summed E-state index contributed by atoms with van der Waals surface area (Å²) in [7, 11) is 1.60. The van der Waals surface area contributed by atoms with E-state index in [9.17, 15) is 0 Å². The molecule has 1 aliphatic rings. The summed E-state index contributed by atoms with van der Waals surface area (Å²) >= 11 is 1.37. The Morgan fingerprint density at radius 2 is 2.06 bits per heavy atom. The largest absolute Gasteiger partial charge is 0.481 e. The molecule has 9 nitrogen and oxygen atoms in total. The van der Waals surface area contributed by atoms with Gasteiger partial charge in [-0.25, -0.2) is 9.97 Å². The molecule has 0 amide bonds. The fraction of sp³-hybridized carbons (Fsp3) is 0.333. The number of fused-ring (bicyclic) bond motifs is 1. The van der Waals surface area contributed by atoms with E-state index in [-0.39, 0.29) is 6.10 Å². The maximum Gasteiger partial charge on any atom is 0.244 e. The van der Waals surface area contributed by atoms with Crippen molar-refractivity contribution >= 4 is 33.5 Å². The number of rotatable bonds is 6. The average Bonchev–Trinajstić information content (AvgIpc) is 3.40. The SMILES string of the molecule is COc1cc(-n2ccc3nc(Nc4cc(C)ns4)nc(OC4CCOCC4)c32)ccn1. The molecule has 5 rings (SSSR count). The maximum absolute atomic E-state index is 6.38. The van der Waals surface area contributed by atoms with Gasteiger partial charge in [0.15, 0.2) is 0 Å². The van der Waals surface area contributed by atoms with Gasteiger partial charge in [-0.15, -0.1) is 0 Å². The monoisotopic (exact) mass is 438 g/mol. The third-order valence-electron chi connectivity index (χ3n) is 5.02. The lowest BCUT2D eigenvalue weighted by molar-refractivity contribution is 0.0243. The van der Waals surface area contributed by atoms with Gasteiger partial charge in [-0.3, -0.25) is 0 Å². The molecule has 0 bridgehead atoms. The summed E-state index contributed by atoms with van der Waals surface area (Å²) in [5.74, 6) is 1.54. The van der Waals surface area contributed by atoms with Gasteiger partial charge in [0.05, 0.1) is 37.2 Å². The summed E-state index contributed by atoms with van der Waals surface area (Å²) in [6.07, 6.45) is 5.35. The Labute approximate surface area is 183 Å². The first-order valence-electron chi connectivity index (χ1n) is 10.0. The number of nitrogens with zero attached hydrogens (tertiary/aromatic N) is 5. The van der Waals surface area contributed by atoms with Gasteiger partial charge in [-0.1, -0.05) is 0 Å². The van der Waals surface area contributed by atoms with Gasteiger partial charge < -0.3 is 24.1 Å². The summed E-state index contributed by atoms with van der Waals surface area (Å²) in [4.78, 5) is 13.6. The zero-order chi connectivity index (χ0) is 21.2. The molecule has 4 aromatic heterocycles. The van der Waals surface area contributed by atoms with E-state index in [0.717, 1.165) is 40.3 Å². The molecule has 0 aliphatic carbocycles. The van der Waals surface area contributed by atoms with Crippen LogP contribution in [0.4, 0.5) is 10.9 Å². The summed E-state index contributed by atoms with van der Waals surface area (Å²) in [6, 6.07) is 7.69. The fourth-order valence-electron chi connectivity index (χ4n) is 3.51. The summed E-state index contributed by atoms with van der Waals surface area (Å²) in [6.45, 7) is 3.33. The van der Waals surface area contributed by atoms with Crippen molar-refractivity contribution < 1.29 is 14.2 Å². The van der Waals surface area contributed by atoms with E-state index >= 15 is 0 Å². The van der Waals surface area contributed by atoms with Crippen molar-refractivity contribution in [2.75, 3.05) is 25.6 Å². The van der Waals surface area contributed by atoms with E-state index in [1.54, 1.807) is 13.3 Å². The molecule has 5 heterocycles. The molecule has 0 aromatic carbocycles. The second-order valence-electron chi connectivity index (χ2n) is 7.22. The van der Waals surface area contributed by atoms with Gasteiger partial charge in [-0.2, -0.15) is 9.36 Å². The van der Waals surface area contributed by atoms with E-state index in [1.807, 2.05) is 42.0 Å². The first kappa shape index (κ1) is 19.7.